The largest absolute Gasteiger partial charge is 0.492 e. The lowest BCUT2D eigenvalue weighted by Gasteiger charge is -2.10. The van der Waals surface area contributed by atoms with Gasteiger partial charge in [0.05, 0.1) is 23.2 Å². The maximum Gasteiger partial charge on any atom is 0.201 e. The summed E-state index contributed by atoms with van der Waals surface area (Å²) in [5.41, 5.74) is 0.935. The zero-order valence-corrected chi connectivity index (χ0v) is 12.7. The van der Waals surface area contributed by atoms with Gasteiger partial charge >= 0.3 is 0 Å². The van der Waals surface area contributed by atoms with Gasteiger partial charge in [-0.05, 0) is 31.0 Å². The molecule has 0 unspecified atom stereocenters. The maximum atomic E-state index is 12.7. The van der Waals surface area contributed by atoms with E-state index >= 15 is 0 Å². The van der Waals surface area contributed by atoms with Gasteiger partial charge in [0.2, 0.25) is 5.78 Å². The minimum atomic E-state index is -0.167. The number of ether oxygens (including phenoxy) is 1. The monoisotopic (exact) mass is 325 g/mol. The van der Waals surface area contributed by atoms with Crippen molar-refractivity contribution in [1.29, 1.82) is 0 Å². The van der Waals surface area contributed by atoms with Crippen LogP contribution in [0.5, 0.6) is 5.75 Å². The van der Waals surface area contributed by atoms with E-state index < -0.39 is 0 Å². The molecule has 1 fully saturated rings. The molecule has 6 heteroatoms. The molecule has 3 rings (SSSR count). The summed E-state index contributed by atoms with van der Waals surface area (Å²) in [4.78, 5) is 12.7. The average molecular weight is 326 g/mol. The highest BCUT2D eigenvalue weighted by Gasteiger charge is 2.33. The molecule has 4 nitrogen and oxygen atoms in total. The van der Waals surface area contributed by atoms with E-state index in [-0.39, 0.29) is 5.78 Å². The van der Waals surface area contributed by atoms with Crippen molar-refractivity contribution in [2.75, 3.05) is 12.5 Å². The number of benzene rings is 1. The first-order valence-electron chi connectivity index (χ1n) is 6.68. The number of hydrogen-bond donors (Lipinski definition) is 0. The number of hydrogen-bond acceptors (Lipinski definition) is 4. The van der Waals surface area contributed by atoms with Gasteiger partial charge in [-0.1, -0.05) is 16.8 Å². The van der Waals surface area contributed by atoms with Crippen LogP contribution in [0.15, 0.2) is 28.9 Å². The number of rotatable bonds is 6. The topological polar surface area (TPSA) is 52.3 Å². The van der Waals surface area contributed by atoms with E-state index in [0.29, 0.717) is 46.1 Å². The summed E-state index contributed by atoms with van der Waals surface area (Å²) in [6.45, 7) is 0.307. The SMILES string of the molecule is O=C(c1ccc(Cl)cc1OCCCl)c1cnoc1C1CC1. The predicted octanol–water partition coefficient (Wildman–Crippen LogP) is 4.05. The van der Waals surface area contributed by atoms with E-state index in [4.69, 9.17) is 32.5 Å². The smallest absolute Gasteiger partial charge is 0.201 e. The van der Waals surface area contributed by atoms with Crippen LogP contribution in [0.25, 0.3) is 0 Å². The van der Waals surface area contributed by atoms with Gasteiger partial charge in [0, 0.05) is 10.9 Å². The number of carbonyl (C=O) groups is 1. The summed E-state index contributed by atoms with van der Waals surface area (Å²) < 4.78 is 10.7. The highest BCUT2D eigenvalue weighted by molar-refractivity contribution is 6.31. The Morgan fingerprint density at radius 2 is 2.19 bits per heavy atom. The molecular weight excluding hydrogens is 313 g/mol. The second-order valence-corrected chi connectivity index (χ2v) is 5.70. The minimum absolute atomic E-state index is 0.167. The molecule has 0 spiro atoms. The van der Waals surface area contributed by atoms with Gasteiger partial charge in [-0.2, -0.15) is 0 Å². The van der Waals surface area contributed by atoms with Gasteiger partial charge < -0.3 is 9.26 Å². The molecule has 2 aromatic rings. The number of halogens is 2. The summed E-state index contributed by atoms with van der Waals surface area (Å²) in [7, 11) is 0. The van der Waals surface area contributed by atoms with Gasteiger partial charge in [0.25, 0.3) is 0 Å². The van der Waals surface area contributed by atoms with Crippen molar-refractivity contribution < 1.29 is 14.1 Å². The van der Waals surface area contributed by atoms with Gasteiger partial charge in [0.15, 0.2) is 5.76 Å². The van der Waals surface area contributed by atoms with E-state index in [1.54, 1.807) is 18.2 Å². The molecule has 0 bridgehead atoms. The van der Waals surface area contributed by atoms with Crippen LogP contribution < -0.4 is 4.74 Å². The van der Waals surface area contributed by atoms with Crippen LogP contribution in [0.3, 0.4) is 0 Å². The number of nitrogens with zero attached hydrogens (tertiary/aromatic N) is 1. The standard InChI is InChI=1S/C15H13Cl2NO3/c16-5-6-20-13-7-10(17)3-4-11(13)14(19)12-8-18-21-15(12)9-1-2-9/h3-4,7-9H,1-2,5-6H2. The van der Waals surface area contributed by atoms with E-state index in [1.165, 1.54) is 6.20 Å². The fourth-order valence-corrected chi connectivity index (χ4v) is 2.40. The average Bonchev–Trinajstić information content (AvgIpc) is 3.21. The van der Waals surface area contributed by atoms with Crippen molar-refractivity contribution in [1.82, 2.24) is 5.16 Å². The van der Waals surface area contributed by atoms with Crippen LogP contribution in [0.1, 0.15) is 40.4 Å². The molecule has 110 valence electrons. The predicted molar refractivity (Wildman–Crippen MR) is 79.6 cm³/mol. The third-order valence-electron chi connectivity index (χ3n) is 3.31. The Bertz CT molecular complexity index is 665. The lowest BCUT2D eigenvalue weighted by molar-refractivity contribution is 0.103. The van der Waals surface area contributed by atoms with Crippen LogP contribution in [-0.2, 0) is 0 Å². The molecule has 0 N–H and O–H groups in total. The highest BCUT2D eigenvalue weighted by Crippen LogP contribution is 2.42. The number of alkyl halides is 1. The van der Waals surface area contributed by atoms with Gasteiger partial charge in [0.1, 0.15) is 12.4 Å². The van der Waals surface area contributed by atoms with E-state index in [2.05, 4.69) is 5.16 Å². The van der Waals surface area contributed by atoms with Gasteiger partial charge in [-0.15, -0.1) is 11.6 Å². The Hall–Kier alpha value is -1.52. The summed E-state index contributed by atoms with van der Waals surface area (Å²) in [6, 6.07) is 4.93. The molecule has 0 radical (unpaired) electrons. The van der Waals surface area contributed by atoms with Crippen molar-refractivity contribution in [2.24, 2.45) is 0 Å². The number of ketones is 1. The molecule has 1 aromatic heterocycles. The minimum Gasteiger partial charge on any atom is -0.492 e. The van der Waals surface area contributed by atoms with Crippen molar-refractivity contribution in [3.8, 4) is 5.75 Å². The third-order valence-corrected chi connectivity index (χ3v) is 3.70. The quantitative estimate of drug-likeness (QED) is 0.593. The molecule has 0 saturated heterocycles. The lowest BCUT2D eigenvalue weighted by Crippen LogP contribution is -2.08. The Labute approximate surface area is 132 Å². The Morgan fingerprint density at radius 1 is 1.38 bits per heavy atom. The normalized spacial score (nSPS) is 14.2. The number of aromatic nitrogens is 1. The molecule has 1 saturated carbocycles. The van der Waals surface area contributed by atoms with Crippen molar-refractivity contribution in [2.45, 2.75) is 18.8 Å². The molecule has 21 heavy (non-hydrogen) atoms. The zero-order chi connectivity index (χ0) is 14.8. The van der Waals surface area contributed by atoms with Crippen LogP contribution in [0.4, 0.5) is 0 Å². The van der Waals surface area contributed by atoms with Crippen LogP contribution in [-0.4, -0.2) is 23.4 Å². The van der Waals surface area contributed by atoms with Gasteiger partial charge in [-0.25, -0.2) is 0 Å². The van der Waals surface area contributed by atoms with Crippen LogP contribution in [0, 0.1) is 0 Å². The lowest BCUT2D eigenvalue weighted by atomic mass is 10.0. The van der Waals surface area contributed by atoms with Gasteiger partial charge in [-0.3, -0.25) is 4.79 Å². The Kier molecular flexibility index (Phi) is 4.17. The molecule has 1 aliphatic rings. The Morgan fingerprint density at radius 3 is 2.90 bits per heavy atom. The van der Waals surface area contributed by atoms with Crippen molar-refractivity contribution >= 4 is 29.0 Å². The second-order valence-electron chi connectivity index (χ2n) is 4.89. The molecule has 0 amide bonds. The summed E-state index contributed by atoms with van der Waals surface area (Å²) in [6.07, 6.45) is 3.54. The van der Waals surface area contributed by atoms with E-state index in [1.807, 2.05) is 0 Å². The maximum absolute atomic E-state index is 12.7. The van der Waals surface area contributed by atoms with E-state index in [0.717, 1.165) is 12.8 Å². The van der Waals surface area contributed by atoms with Crippen LogP contribution >= 0.6 is 23.2 Å². The zero-order valence-electron chi connectivity index (χ0n) is 11.1. The van der Waals surface area contributed by atoms with Crippen molar-refractivity contribution in [3.63, 3.8) is 0 Å². The Balaban J connectivity index is 1.94. The molecule has 1 aromatic carbocycles. The van der Waals surface area contributed by atoms with Crippen molar-refractivity contribution in [3.05, 3.63) is 46.3 Å². The molecule has 0 atom stereocenters. The summed E-state index contributed by atoms with van der Waals surface area (Å²) >= 11 is 11.6. The second kappa shape index (κ2) is 6.08. The first kappa shape index (κ1) is 14.4. The van der Waals surface area contributed by atoms with Crippen LogP contribution in [0.2, 0.25) is 5.02 Å². The molecular formula is C15H13Cl2NO3. The first-order chi connectivity index (χ1) is 10.2. The number of carbonyl (C=O) groups excluding carboxylic acids is 1. The third kappa shape index (κ3) is 3.06. The fourth-order valence-electron chi connectivity index (χ4n) is 2.16. The van der Waals surface area contributed by atoms with E-state index in [9.17, 15) is 4.79 Å². The highest BCUT2D eigenvalue weighted by atomic mass is 35.5. The molecule has 0 aliphatic heterocycles. The fraction of sp³-hybridized carbons (Fsp3) is 0.333. The molecule has 1 heterocycles. The summed E-state index contributed by atoms with van der Waals surface area (Å²) in [5, 5.41) is 4.26. The first-order valence-corrected chi connectivity index (χ1v) is 7.59. The summed E-state index contributed by atoms with van der Waals surface area (Å²) in [5.74, 6) is 1.57. The molecule has 1 aliphatic carbocycles.